The van der Waals surface area contributed by atoms with Crippen molar-refractivity contribution >= 4 is 39.9 Å². The first kappa shape index (κ1) is 12.3. The molecule has 0 radical (unpaired) electrons. The van der Waals surface area contributed by atoms with E-state index in [1.54, 1.807) is 6.92 Å². The fourth-order valence-electron chi connectivity index (χ4n) is 1.63. The Kier molecular flexibility index (Phi) is 3.35. The van der Waals surface area contributed by atoms with Gasteiger partial charge in [-0.15, -0.1) is 11.6 Å². The first-order chi connectivity index (χ1) is 8.02. The van der Waals surface area contributed by atoms with Gasteiger partial charge in [0.25, 0.3) is 0 Å². The Morgan fingerprint density at radius 2 is 2.35 bits per heavy atom. The van der Waals surface area contributed by atoms with E-state index in [2.05, 4.69) is 9.72 Å². The van der Waals surface area contributed by atoms with Gasteiger partial charge in [-0.2, -0.15) is 0 Å². The Balaban J connectivity index is 2.29. The number of anilines is 1. The van der Waals surface area contributed by atoms with Crippen molar-refractivity contribution in [2.24, 2.45) is 0 Å². The smallest absolute Gasteiger partial charge is 0.350 e. The van der Waals surface area contributed by atoms with Crippen LogP contribution in [0.25, 0.3) is 0 Å². The van der Waals surface area contributed by atoms with Crippen molar-refractivity contribution in [3.05, 3.63) is 10.6 Å². The highest BCUT2D eigenvalue weighted by molar-refractivity contribution is 7.17. The summed E-state index contributed by atoms with van der Waals surface area (Å²) in [7, 11) is 1.32. The third-order valence-electron chi connectivity index (χ3n) is 2.46. The molecule has 2 rings (SSSR count). The zero-order valence-corrected chi connectivity index (χ0v) is 11.0. The minimum Gasteiger partial charge on any atom is -0.465 e. The van der Waals surface area contributed by atoms with E-state index in [4.69, 9.17) is 11.6 Å². The molecule has 0 aliphatic carbocycles. The molecule has 0 spiro atoms. The molecule has 1 unspecified atom stereocenters. The van der Waals surface area contributed by atoms with Crippen LogP contribution in [0.5, 0.6) is 0 Å². The SMILES string of the molecule is COC(=O)c1sc(N2CC(Cl)CC2=O)nc1C. The molecule has 1 aliphatic heterocycles. The molecule has 7 heteroatoms. The highest BCUT2D eigenvalue weighted by Crippen LogP contribution is 2.30. The van der Waals surface area contributed by atoms with Crippen LogP contribution < -0.4 is 4.90 Å². The number of esters is 1. The summed E-state index contributed by atoms with van der Waals surface area (Å²) in [6.07, 6.45) is 0.313. The van der Waals surface area contributed by atoms with Gasteiger partial charge in [-0.25, -0.2) is 9.78 Å². The van der Waals surface area contributed by atoms with Crippen molar-refractivity contribution in [1.29, 1.82) is 0 Å². The lowest BCUT2D eigenvalue weighted by atomic mass is 10.4. The normalized spacial score (nSPS) is 19.8. The summed E-state index contributed by atoms with van der Waals surface area (Å²) in [5, 5.41) is 0.323. The molecule has 1 saturated heterocycles. The monoisotopic (exact) mass is 274 g/mol. The molecule has 0 bridgehead atoms. The van der Waals surface area contributed by atoms with Gasteiger partial charge in [0.2, 0.25) is 5.91 Å². The Labute approximate surface area is 107 Å². The molecule has 5 nitrogen and oxygen atoms in total. The van der Waals surface area contributed by atoms with E-state index in [-0.39, 0.29) is 11.3 Å². The average Bonchev–Trinajstić information content (AvgIpc) is 2.80. The number of carbonyl (C=O) groups excluding carboxylic acids is 2. The number of alkyl halides is 1. The minimum absolute atomic E-state index is 0.0600. The molecule has 1 atom stereocenters. The second-order valence-corrected chi connectivity index (χ2v) is 5.30. The number of nitrogens with zero attached hydrogens (tertiary/aromatic N) is 2. The third kappa shape index (κ3) is 2.28. The van der Waals surface area contributed by atoms with Crippen molar-refractivity contribution < 1.29 is 14.3 Å². The molecule has 1 aromatic rings. The Hall–Kier alpha value is -1.14. The standard InChI is InChI=1S/C10H11ClN2O3S/c1-5-8(9(15)16-2)17-10(12-5)13-4-6(11)3-7(13)14/h6H,3-4H2,1-2H3. The number of aryl methyl sites for hydroxylation is 1. The number of methoxy groups -OCH3 is 1. The lowest BCUT2D eigenvalue weighted by Crippen LogP contribution is -2.24. The Morgan fingerprint density at radius 1 is 1.65 bits per heavy atom. The molecule has 1 aromatic heterocycles. The van der Waals surface area contributed by atoms with Crippen LogP contribution in [0.2, 0.25) is 0 Å². The number of hydrogen-bond acceptors (Lipinski definition) is 5. The van der Waals surface area contributed by atoms with E-state index in [1.165, 1.54) is 12.0 Å². The van der Waals surface area contributed by atoms with Crippen LogP contribution in [0.3, 0.4) is 0 Å². The number of thiazole rings is 1. The van der Waals surface area contributed by atoms with Crippen molar-refractivity contribution in [1.82, 2.24) is 4.98 Å². The molecule has 92 valence electrons. The maximum absolute atomic E-state index is 11.6. The molecule has 0 saturated carbocycles. The van der Waals surface area contributed by atoms with Crippen LogP contribution in [-0.2, 0) is 9.53 Å². The van der Waals surface area contributed by atoms with Gasteiger partial charge in [0, 0.05) is 13.0 Å². The number of rotatable bonds is 2. The largest absolute Gasteiger partial charge is 0.465 e. The molecule has 1 aliphatic rings. The highest BCUT2D eigenvalue weighted by atomic mass is 35.5. The van der Waals surface area contributed by atoms with E-state index in [1.807, 2.05) is 0 Å². The molecule has 1 fully saturated rings. The molecular formula is C10H11ClN2O3S. The van der Waals surface area contributed by atoms with Gasteiger partial charge in [0.15, 0.2) is 5.13 Å². The number of aromatic nitrogens is 1. The van der Waals surface area contributed by atoms with Gasteiger partial charge in [0.05, 0.1) is 18.2 Å². The number of amides is 1. The second kappa shape index (κ2) is 4.62. The summed E-state index contributed by atoms with van der Waals surface area (Å²) in [4.78, 5) is 29.2. The van der Waals surface area contributed by atoms with Crippen LogP contribution in [0.15, 0.2) is 0 Å². The highest BCUT2D eigenvalue weighted by Gasteiger charge is 2.32. The molecule has 1 amide bonds. The predicted octanol–water partition coefficient (Wildman–Crippen LogP) is 1.58. The van der Waals surface area contributed by atoms with Crippen LogP contribution in [-0.4, -0.2) is 35.9 Å². The molecule has 17 heavy (non-hydrogen) atoms. The second-order valence-electron chi connectivity index (χ2n) is 3.71. The topological polar surface area (TPSA) is 59.5 Å². The van der Waals surface area contributed by atoms with E-state index >= 15 is 0 Å². The van der Waals surface area contributed by atoms with E-state index < -0.39 is 5.97 Å². The van der Waals surface area contributed by atoms with E-state index in [9.17, 15) is 9.59 Å². The van der Waals surface area contributed by atoms with Crippen molar-refractivity contribution in [3.63, 3.8) is 0 Å². The fraction of sp³-hybridized carbons (Fsp3) is 0.500. The number of ether oxygens (including phenoxy) is 1. The van der Waals surface area contributed by atoms with Crippen LogP contribution in [0.4, 0.5) is 5.13 Å². The fourth-order valence-corrected chi connectivity index (χ4v) is 2.91. The van der Waals surface area contributed by atoms with Crippen molar-refractivity contribution in [2.75, 3.05) is 18.6 Å². The maximum atomic E-state index is 11.6. The maximum Gasteiger partial charge on any atom is 0.350 e. The summed E-state index contributed by atoms with van der Waals surface area (Å²) in [5.74, 6) is -0.490. The lowest BCUT2D eigenvalue weighted by Gasteiger charge is -2.10. The summed E-state index contributed by atoms with van der Waals surface area (Å²) in [6, 6.07) is 0. The number of carbonyl (C=O) groups is 2. The van der Waals surface area contributed by atoms with E-state index in [0.717, 1.165) is 11.3 Å². The van der Waals surface area contributed by atoms with E-state index in [0.29, 0.717) is 28.7 Å². The quantitative estimate of drug-likeness (QED) is 0.607. The zero-order valence-electron chi connectivity index (χ0n) is 9.40. The van der Waals surface area contributed by atoms with Gasteiger partial charge in [-0.3, -0.25) is 9.69 Å². The van der Waals surface area contributed by atoms with Crippen LogP contribution in [0, 0.1) is 6.92 Å². The molecule has 0 N–H and O–H groups in total. The zero-order chi connectivity index (χ0) is 12.6. The number of hydrogen-bond donors (Lipinski definition) is 0. The summed E-state index contributed by atoms with van der Waals surface area (Å²) in [5.41, 5.74) is 0.572. The van der Waals surface area contributed by atoms with Gasteiger partial charge >= 0.3 is 5.97 Å². The molecule has 2 heterocycles. The van der Waals surface area contributed by atoms with Crippen molar-refractivity contribution in [3.8, 4) is 0 Å². The summed E-state index contributed by atoms with van der Waals surface area (Å²) in [6.45, 7) is 2.15. The third-order valence-corrected chi connectivity index (χ3v) is 3.92. The Morgan fingerprint density at radius 3 is 2.88 bits per heavy atom. The lowest BCUT2D eigenvalue weighted by molar-refractivity contribution is -0.117. The van der Waals surface area contributed by atoms with Gasteiger partial charge < -0.3 is 4.74 Å². The van der Waals surface area contributed by atoms with Crippen LogP contribution in [0.1, 0.15) is 21.8 Å². The first-order valence-electron chi connectivity index (χ1n) is 5.03. The van der Waals surface area contributed by atoms with Crippen molar-refractivity contribution in [2.45, 2.75) is 18.7 Å². The van der Waals surface area contributed by atoms with Gasteiger partial charge in [-0.1, -0.05) is 11.3 Å². The molecule has 0 aromatic carbocycles. The average molecular weight is 275 g/mol. The predicted molar refractivity (Wildman–Crippen MR) is 64.8 cm³/mol. The number of halogens is 1. The van der Waals surface area contributed by atoms with Gasteiger partial charge in [-0.05, 0) is 6.92 Å². The summed E-state index contributed by atoms with van der Waals surface area (Å²) >= 11 is 7.07. The van der Waals surface area contributed by atoms with Gasteiger partial charge in [0.1, 0.15) is 4.88 Å². The Bertz CT molecular complexity index is 474. The molecular weight excluding hydrogens is 264 g/mol. The first-order valence-corrected chi connectivity index (χ1v) is 6.28. The summed E-state index contributed by atoms with van der Waals surface area (Å²) < 4.78 is 4.64. The van der Waals surface area contributed by atoms with Crippen LogP contribution >= 0.6 is 22.9 Å². The minimum atomic E-state index is -0.430.